The van der Waals surface area contributed by atoms with Crippen molar-refractivity contribution >= 4 is 0 Å². The lowest BCUT2D eigenvalue weighted by atomic mass is 10.3. The molecule has 2 N–H and O–H groups in total. The second-order valence-corrected chi connectivity index (χ2v) is 2.46. The molecule has 5 heteroatoms. The lowest BCUT2D eigenvalue weighted by molar-refractivity contribution is 0.569. The average molecular weight is 176 g/mol. The predicted octanol–water partition coefficient (Wildman–Crippen LogP) is 0.590. The minimum Gasteiger partial charge on any atom is -0.442 e. The van der Waals surface area contributed by atoms with E-state index in [-0.39, 0.29) is 0 Å². The van der Waals surface area contributed by atoms with Crippen molar-refractivity contribution in [1.82, 2.24) is 15.0 Å². The molecule has 0 spiro atoms. The van der Waals surface area contributed by atoms with Gasteiger partial charge in [-0.3, -0.25) is 0 Å². The SMILES string of the molecule is NCc1cc(-c2cnco2)ncn1. The molecule has 2 rings (SSSR count). The monoisotopic (exact) mass is 176 g/mol. The van der Waals surface area contributed by atoms with Crippen LogP contribution < -0.4 is 5.73 Å². The number of oxazole rings is 1. The molecule has 0 amide bonds. The average Bonchev–Trinajstić information content (AvgIpc) is 2.71. The molecule has 13 heavy (non-hydrogen) atoms. The fourth-order valence-corrected chi connectivity index (χ4v) is 0.986. The van der Waals surface area contributed by atoms with E-state index in [9.17, 15) is 0 Å². The number of nitrogens with two attached hydrogens (primary N) is 1. The fourth-order valence-electron chi connectivity index (χ4n) is 0.986. The second kappa shape index (κ2) is 3.32. The van der Waals surface area contributed by atoms with Crippen molar-refractivity contribution in [2.24, 2.45) is 5.73 Å². The molecule has 0 radical (unpaired) electrons. The number of hydrogen-bond acceptors (Lipinski definition) is 5. The lowest BCUT2D eigenvalue weighted by Gasteiger charge is -1.97. The van der Waals surface area contributed by atoms with Crippen molar-refractivity contribution in [3.8, 4) is 11.5 Å². The van der Waals surface area contributed by atoms with Gasteiger partial charge in [0.05, 0.1) is 11.9 Å². The summed E-state index contributed by atoms with van der Waals surface area (Å²) >= 11 is 0. The summed E-state index contributed by atoms with van der Waals surface area (Å²) in [5.74, 6) is 0.622. The van der Waals surface area contributed by atoms with E-state index in [1.165, 1.54) is 12.7 Å². The number of nitrogens with zero attached hydrogens (tertiary/aromatic N) is 3. The van der Waals surface area contributed by atoms with Gasteiger partial charge in [0.25, 0.3) is 0 Å². The van der Waals surface area contributed by atoms with Gasteiger partial charge in [-0.25, -0.2) is 15.0 Å². The molecule has 5 nitrogen and oxygen atoms in total. The molecule has 2 aromatic rings. The molecule has 0 fully saturated rings. The zero-order chi connectivity index (χ0) is 9.10. The summed E-state index contributed by atoms with van der Waals surface area (Å²) in [5, 5.41) is 0. The highest BCUT2D eigenvalue weighted by Crippen LogP contribution is 2.14. The Hall–Kier alpha value is -1.75. The normalized spacial score (nSPS) is 10.2. The lowest BCUT2D eigenvalue weighted by Crippen LogP contribution is -2.00. The van der Waals surface area contributed by atoms with Crippen molar-refractivity contribution in [2.45, 2.75) is 6.54 Å². The Morgan fingerprint density at radius 2 is 2.31 bits per heavy atom. The van der Waals surface area contributed by atoms with E-state index in [4.69, 9.17) is 10.2 Å². The van der Waals surface area contributed by atoms with E-state index in [1.807, 2.05) is 0 Å². The Kier molecular flexibility index (Phi) is 2.01. The Morgan fingerprint density at radius 1 is 1.38 bits per heavy atom. The molecule has 66 valence electrons. The Morgan fingerprint density at radius 3 is 3.00 bits per heavy atom. The zero-order valence-corrected chi connectivity index (χ0v) is 6.84. The molecule has 0 saturated carbocycles. The highest BCUT2D eigenvalue weighted by molar-refractivity contribution is 5.49. The first-order valence-corrected chi connectivity index (χ1v) is 3.80. The largest absolute Gasteiger partial charge is 0.442 e. The van der Waals surface area contributed by atoms with Crippen LogP contribution >= 0.6 is 0 Å². The van der Waals surface area contributed by atoms with Crippen LogP contribution in [-0.4, -0.2) is 15.0 Å². The smallest absolute Gasteiger partial charge is 0.181 e. The van der Waals surface area contributed by atoms with Gasteiger partial charge in [-0.2, -0.15) is 0 Å². The van der Waals surface area contributed by atoms with Crippen LogP contribution in [0.15, 0.2) is 29.4 Å². The Labute approximate surface area is 74.6 Å². The molecular formula is C8H8N4O. The quantitative estimate of drug-likeness (QED) is 0.724. The summed E-state index contributed by atoms with van der Waals surface area (Å²) in [4.78, 5) is 11.8. The molecule has 0 bridgehead atoms. The maximum atomic E-state index is 5.44. The molecule has 0 saturated heterocycles. The first kappa shape index (κ1) is 7.88. The van der Waals surface area contributed by atoms with Gasteiger partial charge >= 0.3 is 0 Å². The van der Waals surface area contributed by atoms with E-state index in [0.717, 1.165) is 5.69 Å². The van der Waals surface area contributed by atoms with Gasteiger partial charge in [-0.15, -0.1) is 0 Å². The third-order valence-electron chi connectivity index (χ3n) is 1.62. The van der Waals surface area contributed by atoms with Gasteiger partial charge in [0.2, 0.25) is 0 Å². The van der Waals surface area contributed by atoms with Gasteiger partial charge < -0.3 is 10.2 Å². The predicted molar refractivity (Wildman–Crippen MR) is 45.4 cm³/mol. The topological polar surface area (TPSA) is 77.8 Å². The van der Waals surface area contributed by atoms with Gasteiger partial charge in [-0.1, -0.05) is 0 Å². The summed E-state index contributed by atoms with van der Waals surface area (Å²) < 4.78 is 5.08. The van der Waals surface area contributed by atoms with E-state index in [2.05, 4.69) is 15.0 Å². The van der Waals surface area contributed by atoms with Crippen LogP contribution in [-0.2, 0) is 6.54 Å². The molecule has 2 heterocycles. The highest BCUT2D eigenvalue weighted by atomic mass is 16.3. The van der Waals surface area contributed by atoms with Gasteiger partial charge in [0, 0.05) is 6.54 Å². The number of aromatic nitrogens is 3. The second-order valence-electron chi connectivity index (χ2n) is 2.46. The third kappa shape index (κ3) is 1.54. The van der Waals surface area contributed by atoms with E-state index >= 15 is 0 Å². The van der Waals surface area contributed by atoms with Crippen molar-refractivity contribution in [2.75, 3.05) is 0 Å². The molecule has 0 unspecified atom stereocenters. The first-order valence-electron chi connectivity index (χ1n) is 3.80. The van der Waals surface area contributed by atoms with E-state index in [0.29, 0.717) is 18.0 Å². The Balaban J connectivity index is 2.41. The molecule has 0 aliphatic carbocycles. The van der Waals surface area contributed by atoms with Crippen molar-refractivity contribution in [1.29, 1.82) is 0 Å². The molecule has 0 atom stereocenters. The van der Waals surface area contributed by atoms with Crippen LogP contribution in [0.1, 0.15) is 5.69 Å². The highest BCUT2D eigenvalue weighted by Gasteiger charge is 2.03. The van der Waals surface area contributed by atoms with E-state index < -0.39 is 0 Å². The summed E-state index contributed by atoms with van der Waals surface area (Å²) in [6.07, 6.45) is 4.42. The van der Waals surface area contributed by atoms with Crippen LogP contribution in [0.4, 0.5) is 0 Å². The first-order chi connectivity index (χ1) is 6.40. The maximum absolute atomic E-state index is 5.44. The fraction of sp³-hybridized carbons (Fsp3) is 0.125. The summed E-state index contributed by atoms with van der Waals surface area (Å²) in [7, 11) is 0. The molecular weight excluding hydrogens is 168 g/mol. The Bertz CT molecular complexity index is 385. The van der Waals surface area contributed by atoms with Crippen molar-refractivity contribution in [3.63, 3.8) is 0 Å². The minimum atomic E-state index is 0.393. The van der Waals surface area contributed by atoms with Crippen molar-refractivity contribution < 1.29 is 4.42 Å². The number of rotatable bonds is 2. The maximum Gasteiger partial charge on any atom is 0.181 e. The molecule has 0 aliphatic rings. The van der Waals surface area contributed by atoms with Gasteiger partial charge in [0.1, 0.15) is 12.0 Å². The third-order valence-corrected chi connectivity index (χ3v) is 1.62. The van der Waals surface area contributed by atoms with Crippen LogP contribution in [0.5, 0.6) is 0 Å². The summed E-state index contributed by atoms with van der Waals surface area (Å²) in [5.41, 5.74) is 6.92. The van der Waals surface area contributed by atoms with Gasteiger partial charge in [0.15, 0.2) is 12.2 Å². The van der Waals surface area contributed by atoms with Gasteiger partial charge in [-0.05, 0) is 6.07 Å². The summed E-state index contributed by atoms with van der Waals surface area (Å²) in [6, 6.07) is 1.78. The molecule has 2 aromatic heterocycles. The van der Waals surface area contributed by atoms with E-state index in [1.54, 1.807) is 12.3 Å². The minimum absolute atomic E-state index is 0.393. The molecule has 0 aromatic carbocycles. The molecule has 0 aliphatic heterocycles. The van der Waals surface area contributed by atoms with Crippen LogP contribution in [0.2, 0.25) is 0 Å². The summed E-state index contributed by atoms with van der Waals surface area (Å²) in [6.45, 7) is 0.393. The van der Waals surface area contributed by atoms with Crippen molar-refractivity contribution in [3.05, 3.63) is 30.7 Å². The number of hydrogen-bond donors (Lipinski definition) is 1. The zero-order valence-electron chi connectivity index (χ0n) is 6.84. The van der Waals surface area contributed by atoms with Crippen LogP contribution in [0.25, 0.3) is 11.5 Å². The standard InChI is InChI=1S/C8H8N4O/c9-2-6-1-7(12-4-11-6)8-3-10-5-13-8/h1,3-5H,2,9H2. The van der Waals surface area contributed by atoms with Crippen LogP contribution in [0.3, 0.4) is 0 Å². The van der Waals surface area contributed by atoms with Crippen LogP contribution in [0, 0.1) is 0 Å².